The van der Waals surface area contributed by atoms with Gasteiger partial charge in [0.15, 0.2) is 0 Å². The van der Waals surface area contributed by atoms with Gasteiger partial charge in [0.2, 0.25) is 11.8 Å². The second kappa shape index (κ2) is 15.1. The fourth-order valence-electron chi connectivity index (χ4n) is 3.37. The van der Waals surface area contributed by atoms with E-state index in [2.05, 4.69) is 22.8 Å². The summed E-state index contributed by atoms with van der Waals surface area (Å²) in [6, 6.07) is 9.59. The van der Waals surface area contributed by atoms with Crippen LogP contribution in [0.1, 0.15) is 57.4 Å². The van der Waals surface area contributed by atoms with E-state index >= 15 is 0 Å². The van der Waals surface area contributed by atoms with Gasteiger partial charge < -0.3 is 21.5 Å². The molecule has 1 aliphatic rings. The molecule has 1 saturated carbocycles. The minimum absolute atomic E-state index is 0.0818. The molecule has 0 saturated heterocycles. The van der Waals surface area contributed by atoms with Crippen LogP contribution in [0.15, 0.2) is 42.5 Å². The molecule has 1 aliphatic carbocycles. The van der Waals surface area contributed by atoms with E-state index in [4.69, 9.17) is 15.6 Å². The standard InChI is InChI=1S/C22H33N3O2.C2HF3O2/c1-17(23)22(27)25-20(14-13-18-9-5-4-6-10-18)15-16-21(26)24-19-11-7-2-3-8-12-19;3-2(4,5)1(6)7/h4-6,9-10,15-17,19-20H,2-3,7-8,11-14,23H2,1H3,(H,24,26)(H,25,27);(H,6,7)/t17-,20-;/m0./s1. The molecule has 1 aromatic carbocycles. The van der Waals surface area contributed by atoms with E-state index < -0.39 is 18.2 Å². The van der Waals surface area contributed by atoms with Crippen LogP contribution in [-0.2, 0) is 20.8 Å². The largest absolute Gasteiger partial charge is 0.490 e. The normalized spacial score (nSPS) is 16.5. The van der Waals surface area contributed by atoms with Crippen LogP contribution in [-0.4, -0.2) is 47.2 Å². The summed E-state index contributed by atoms with van der Waals surface area (Å²) in [5, 5.41) is 13.2. The molecule has 10 heteroatoms. The van der Waals surface area contributed by atoms with Crippen molar-refractivity contribution in [2.45, 2.75) is 82.6 Å². The van der Waals surface area contributed by atoms with Crippen molar-refractivity contribution in [1.82, 2.24) is 10.6 Å². The van der Waals surface area contributed by atoms with Crippen molar-refractivity contribution < 1.29 is 32.7 Å². The monoisotopic (exact) mass is 485 g/mol. The molecule has 2 rings (SSSR count). The molecular formula is C24H34F3N3O4. The molecular weight excluding hydrogens is 451 g/mol. The SMILES string of the molecule is C[C@H](N)C(=O)N[C@H](C=CC(=O)NC1CCCCCC1)CCc1ccccc1.O=C(O)C(F)(F)F. The summed E-state index contributed by atoms with van der Waals surface area (Å²) in [6.45, 7) is 1.66. The Bertz CT molecular complexity index is 790. The van der Waals surface area contributed by atoms with Gasteiger partial charge in [-0.3, -0.25) is 9.59 Å². The zero-order valence-electron chi connectivity index (χ0n) is 19.3. The summed E-state index contributed by atoms with van der Waals surface area (Å²) in [7, 11) is 0. The molecule has 0 aliphatic heterocycles. The number of rotatable bonds is 8. The van der Waals surface area contributed by atoms with Crippen LogP contribution in [0.4, 0.5) is 13.2 Å². The van der Waals surface area contributed by atoms with E-state index in [1.807, 2.05) is 18.2 Å². The number of hydrogen-bond donors (Lipinski definition) is 4. The molecule has 190 valence electrons. The number of aliphatic carboxylic acids is 1. The van der Waals surface area contributed by atoms with Crippen molar-refractivity contribution >= 4 is 17.8 Å². The van der Waals surface area contributed by atoms with Crippen LogP contribution >= 0.6 is 0 Å². The number of amides is 2. The zero-order chi connectivity index (χ0) is 25.6. The van der Waals surface area contributed by atoms with Crippen LogP contribution in [0.25, 0.3) is 0 Å². The van der Waals surface area contributed by atoms with Crippen LogP contribution in [0, 0.1) is 0 Å². The highest BCUT2D eigenvalue weighted by atomic mass is 19.4. The molecule has 7 nitrogen and oxygen atoms in total. The van der Waals surface area contributed by atoms with Crippen LogP contribution in [0.2, 0.25) is 0 Å². The molecule has 0 unspecified atom stereocenters. The van der Waals surface area contributed by atoms with E-state index in [0.29, 0.717) is 0 Å². The predicted octanol–water partition coefficient (Wildman–Crippen LogP) is 3.48. The van der Waals surface area contributed by atoms with Crippen molar-refractivity contribution in [3.8, 4) is 0 Å². The Balaban J connectivity index is 0.000000718. The number of nitrogens with one attached hydrogen (secondary N) is 2. The molecule has 0 bridgehead atoms. The van der Waals surface area contributed by atoms with Crippen molar-refractivity contribution in [1.29, 1.82) is 0 Å². The minimum atomic E-state index is -5.08. The van der Waals surface area contributed by atoms with E-state index in [1.165, 1.54) is 31.2 Å². The van der Waals surface area contributed by atoms with Gasteiger partial charge in [-0.1, -0.05) is 62.1 Å². The number of carbonyl (C=O) groups is 3. The van der Waals surface area contributed by atoms with Crippen molar-refractivity contribution in [2.75, 3.05) is 0 Å². The predicted molar refractivity (Wildman–Crippen MR) is 123 cm³/mol. The highest BCUT2D eigenvalue weighted by Crippen LogP contribution is 2.17. The van der Waals surface area contributed by atoms with Gasteiger partial charge in [0.05, 0.1) is 6.04 Å². The number of carboxylic acid groups (broad SMARTS) is 1. The molecule has 34 heavy (non-hydrogen) atoms. The lowest BCUT2D eigenvalue weighted by Crippen LogP contribution is -2.43. The van der Waals surface area contributed by atoms with Gasteiger partial charge in [0.25, 0.3) is 0 Å². The number of aryl methyl sites for hydroxylation is 1. The maximum atomic E-state index is 12.3. The van der Waals surface area contributed by atoms with Crippen molar-refractivity contribution in [3.05, 3.63) is 48.0 Å². The third kappa shape index (κ3) is 13.0. The van der Waals surface area contributed by atoms with Crippen molar-refractivity contribution in [3.63, 3.8) is 0 Å². The molecule has 5 N–H and O–H groups in total. The summed E-state index contributed by atoms with van der Waals surface area (Å²) in [4.78, 5) is 33.2. The molecule has 0 heterocycles. The van der Waals surface area contributed by atoms with Crippen molar-refractivity contribution in [2.24, 2.45) is 5.73 Å². The van der Waals surface area contributed by atoms with Gasteiger partial charge in [-0.2, -0.15) is 13.2 Å². The number of hydrogen-bond acceptors (Lipinski definition) is 4. The molecule has 0 aromatic heterocycles. The number of carbonyl (C=O) groups excluding carboxylic acids is 2. The second-order valence-corrected chi connectivity index (χ2v) is 8.29. The summed E-state index contributed by atoms with van der Waals surface area (Å²) < 4.78 is 31.7. The molecule has 1 fully saturated rings. The topological polar surface area (TPSA) is 122 Å². The lowest BCUT2D eigenvalue weighted by atomic mass is 10.0. The number of carboxylic acids is 1. The molecule has 1 aromatic rings. The van der Waals surface area contributed by atoms with Gasteiger partial charge >= 0.3 is 12.1 Å². The van der Waals surface area contributed by atoms with Gasteiger partial charge in [-0.15, -0.1) is 0 Å². The van der Waals surface area contributed by atoms with Gasteiger partial charge in [-0.25, -0.2) is 4.79 Å². The minimum Gasteiger partial charge on any atom is -0.475 e. The smallest absolute Gasteiger partial charge is 0.475 e. The van der Waals surface area contributed by atoms with Crippen LogP contribution in [0.5, 0.6) is 0 Å². The van der Waals surface area contributed by atoms with E-state index in [9.17, 15) is 22.8 Å². The third-order valence-corrected chi connectivity index (χ3v) is 5.25. The molecule has 2 atom stereocenters. The maximum absolute atomic E-state index is 12.3. The zero-order valence-corrected chi connectivity index (χ0v) is 19.3. The number of halogens is 3. The van der Waals surface area contributed by atoms with Gasteiger partial charge in [0, 0.05) is 18.2 Å². The highest BCUT2D eigenvalue weighted by Gasteiger charge is 2.38. The fraction of sp³-hybridized carbons (Fsp3) is 0.542. The second-order valence-electron chi connectivity index (χ2n) is 8.29. The first kappa shape index (κ1) is 29.2. The lowest BCUT2D eigenvalue weighted by Gasteiger charge is -2.18. The number of nitrogens with two attached hydrogens (primary N) is 1. The average Bonchev–Trinajstić information content (AvgIpc) is 3.04. The summed E-state index contributed by atoms with van der Waals surface area (Å²) >= 11 is 0. The summed E-state index contributed by atoms with van der Waals surface area (Å²) in [5.74, 6) is -3.05. The molecule has 2 amide bonds. The Morgan fingerprint density at radius 2 is 1.68 bits per heavy atom. The van der Waals surface area contributed by atoms with Gasteiger partial charge in [-0.05, 0) is 38.2 Å². The Hall–Kier alpha value is -2.88. The lowest BCUT2D eigenvalue weighted by molar-refractivity contribution is -0.192. The summed E-state index contributed by atoms with van der Waals surface area (Å²) in [5.41, 5.74) is 6.87. The van der Waals surface area contributed by atoms with E-state index in [1.54, 1.807) is 19.1 Å². The highest BCUT2D eigenvalue weighted by molar-refractivity contribution is 5.88. The number of benzene rings is 1. The first-order valence-corrected chi connectivity index (χ1v) is 11.4. The Morgan fingerprint density at radius 3 is 2.18 bits per heavy atom. The summed E-state index contributed by atoms with van der Waals surface area (Å²) in [6.07, 6.45) is 6.78. The van der Waals surface area contributed by atoms with Crippen LogP contribution < -0.4 is 16.4 Å². The molecule has 0 radical (unpaired) electrons. The molecule has 0 spiro atoms. The maximum Gasteiger partial charge on any atom is 0.490 e. The first-order valence-electron chi connectivity index (χ1n) is 11.4. The fourth-order valence-corrected chi connectivity index (χ4v) is 3.37. The van der Waals surface area contributed by atoms with Crippen LogP contribution in [0.3, 0.4) is 0 Å². The first-order chi connectivity index (χ1) is 16.0. The average molecular weight is 486 g/mol. The third-order valence-electron chi connectivity index (χ3n) is 5.25. The quantitative estimate of drug-likeness (QED) is 0.332. The Labute approximate surface area is 198 Å². The Morgan fingerprint density at radius 1 is 1.12 bits per heavy atom. The van der Waals surface area contributed by atoms with Gasteiger partial charge in [0.1, 0.15) is 0 Å². The van der Waals surface area contributed by atoms with E-state index in [-0.39, 0.29) is 23.9 Å². The Kier molecular flexibility index (Phi) is 13.0. The number of alkyl halides is 3. The van der Waals surface area contributed by atoms with E-state index in [0.717, 1.165) is 25.7 Å².